The summed E-state index contributed by atoms with van der Waals surface area (Å²) in [7, 11) is 1.38. The summed E-state index contributed by atoms with van der Waals surface area (Å²) in [6.07, 6.45) is 3.27. The molecule has 0 unspecified atom stereocenters. The molecule has 0 spiro atoms. The third-order valence-corrected chi connectivity index (χ3v) is 3.69. The minimum absolute atomic E-state index is 0.322. The van der Waals surface area contributed by atoms with Crippen LogP contribution in [0.4, 0.5) is 0 Å². The van der Waals surface area contributed by atoms with Gasteiger partial charge in [-0.05, 0) is 30.0 Å². The smallest absolute Gasteiger partial charge is 0.330 e. The number of carbonyl (C=O) groups excluding carboxylic acids is 1. The first-order valence-electron chi connectivity index (χ1n) is 4.96. The van der Waals surface area contributed by atoms with E-state index in [1.54, 1.807) is 11.3 Å². The molecule has 1 aromatic carbocycles. The Bertz CT molecular complexity index is 552. The number of esters is 1. The molecule has 0 aliphatic heterocycles. The Kier molecular flexibility index (Phi) is 3.06. The maximum Gasteiger partial charge on any atom is 0.330 e. The first-order valence-corrected chi connectivity index (χ1v) is 5.78. The highest BCUT2D eigenvalue weighted by Gasteiger charge is 2.05. The molecule has 0 saturated heterocycles. The molecule has 0 aliphatic carbocycles. The zero-order valence-corrected chi connectivity index (χ0v) is 10.0. The molecule has 0 bridgehead atoms. The molecule has 2 aromatic rings. The Balaban J connectivity index is 2.42. The number of carbonyl (C=O) groups is 1. The van der Waals surface area contributed by atoms with E-state index in [2.05, 4.69) is 23.8 Å². The second kappa shape index (κ2) is 4.49. The zero-order valence-electron chi connectivity index (χ0n) is 9.19. The van der Waals surface area contributed by atoms with E-state index < -0.39 is 0 Å². The molecule has 0 atom stereocenters. The molecule has 0 fully saturated rings. The van der Waals surface area contributed by atoms with Crippen molar-refractivity contribution >= 4 is 33.5 Å². The van der Waals surface area contributed by atoms with Gasteiger partial charge in [0.25, 0.3) is 0 Å². The molecule has 1 aromatic heterocycles. The number of hydrogen-bond donors (Lipinski definition) is 0. The van der Waals surface area contributed by atoms with Crippen LogP contribution in [0.25, 0.3) is 16.2 Å². The molecule has 0 saturated carbocycles. The zero-order chi connectivity index (χ0) is 11.5. The van der Waals surface area contributed by atoms with E-state index in [0.717, 1.165) is 4.88 Å². The Hall–Kier alpha value is -1.61. The number of rotatable bonds is 2. The van der Waals surface area contributed by atoms with Crippen LogP contribution >= 0.6 is 11.3 Å². The lowest BCUT2D eigenvalue weighted by Crippen LogP contribution is -1.92. The van der Waals surface area contributed by atoms with Crippen molar-refractivity contribution < 1.29 is 9.53 Å². The van der Waals surface area contributed by atoms with E-state index in [1.807, 2.05) is 18.2 Å². The highest BCUT2D eigenvalue weighted by molar-refractivity contribution is 7.20. The Morgan fingerprint density at radius 3 is 2.81 bits per heavy atom. The minimum atomic E-state index is -0.322. The minimum Gasteiger partial charge on any atom is -0.466 e. The number of hydrogen-bond acceptors (Lipinski definition) is 3. The average molecular weight is 232 g/mol. The monoisotopic (exact) mass is 232 g/mol. The summed E-state index contributed by atoms with van der Waals surface area (Å²) in [6, 6.07) is 8.22. The summed E-state index contributed by atoms with van der Waals surface area (Å²) in [4.78, 5) is 12.1. The van der Waals surface area contributed by atoms with Gasteiger partial charge in [-0.25, -0.2) is 4.79 Å². The maximum atomic E-state index is 11.0. The lowest BCUT2D eigenvalue weighted by atomic mass is 10.1. The fourth-order valence-corrected chi connectivity index (χ4v) is 2.68. The van der Waals surface area contributed by atoms with Crippen molar-refractivity contribution in [1.82, 2.24) is 0 Å². The van der Waals surface area contributed by atoms with Crippen LogP contribution < -0.4 is 0 Å². The van der Waals surface area contributed by atoms with Crippen LogP contribution in [-0.2, 0) is 9.53 Å². The topological polar surface area (TPSA) is 26.3 Å². The van der Waals surface area contributed by atoms with Crippen LogP contribution in [0.3, 0.4) is 0 Å². The normalized spacial score (nSPS) is 11.1. The van der Waals surface area contributed by atoms with E-state index in [1.165, 1.54) is 28.8 Å². The van der Waals surface area contributed by atoms with E-state index in [0.29, 0.717) is 0 Å². The van der Waals surface area contributed by atoms with Gasteiger partial charge in [-0.15, -0.1) is 11.3 Å². The van der Waals surface area contributed by atoms with Crippen LogP contribution in [0.1, 0.15) is 10.4 Å². The van der Waals surface area contributed by atoms with Gasteiger partial charge in [0.1, 0.15) is 0 Å². The van der Waals surface area contributed by atoms with Gasteiger partial charge in [-0.3, -0.25) is 0 Å². The van der Waals surface area contributed by atoms with Crippen molar-refractivity contribution in [1.29, 1.82) is 0 Å². The van der Waals surface area contributed by atoms with Crippen molar-refractivity contribution in [3.8, 4) is 0 Å². The van der Waals surface area contributed by atoms with E-state index in [4.69, 9.17) is 0 Å². The van der Waals surface area contributed by atoms with Crippen molar-refractivity contribution in [2.75, 3.05) is 7.11 Å². The number of thiophene rings is 1. The molecule has 0 amide bonds. The highest BCUT2D eigenvalue weighted by Crippen LogP contribution is 2.31. The molecular weight excluding hydrogens is 220 g/mol. The molecule has 2 nitrogen and oxygen atoms in total. The van der Waals surface area contributed by atoms with E-state index in [9.17, 15) is 4.79 Å². The van der Waals surface area contributed by atoms with Gasteiger partial charge in [-0.1, -0.05) is 18.2 Å². The van der Waals surface area contributed by atoms with Gasteiger partial charge < -0.3 is 4.74 Å². The number of ether oxygens (including phenoxy) is 1. The number of fused-ring (bicyclic) bond motifs is 1. The Labute approximate surface area is 98.2 Å². The summed E-state index contributed by atoms with van der Waals surface area (Å²) in [5.41, 5.74) is 1.21. The second-order valence-electron chi connectivity index (χ2n) is 3.44. The third kappa shape index (κ3) is 1.99. The lowest BCUT2D eigenvalue weighted by Gasteiger charge is -1.91. The van der Waals surface area contributed by atoms with Gasteiger partial charge in [0.2, 0.25) is 0 Å². The fourth-order valence-electron chi connectivity index (χ4n) is 1.56. The molecular formula is C13H12O2S. The van der Waals surface area contributed by atoms with Crippen LogP contribution in [0.15, 0.2) is 30.3 Å². The van der Waals surface area contributed by atoms with Crippen molar-refractivity contribution in [2.24, 2.45) is 0 Å². The quantitative estimate of drug-likeness (QED) is 0.586. The average Bonchev–Trinajstić information content (AvgIpc) is 2.64. The van der Waals surface area contributed by atoms with Gasteiger partial charge in [-0.2, -0.15) is 0 Å². The summed E-state index contributed by atoms with van der Waals surface area (Å²) in [6.45, 7) is 2.07. The second-order valence-corrected chi connectivity index (χ2v) is 4.53. The molecule has 16 heavy (non-hydrogen) atoms. The first kappa shape index (κ1) is 10.9. The van der Waals surface area contributed by atoms with Crippen LogP contribution in [0.2, 0.25) is 0 Å². The SMILES string of the molecule is COC(=O)C=Cc1sc2ccccc2c1C. The molecule has 1 heterocycles. The number of aryl methyl sites for hydroxylation is 1. The standard InChI is InChI=1S/C13H12O2S/c1-9-10-5-3-4-6-12(10)16-11(9)7-8-13(14)15-2/h3-8H,1-2H3. The molecule has 0 aliphatic rings. The van der Waals surface area contributed by atoms with E-state index >= 15 is 0 Å². The predicted octanol–water partition coefficient (Wildman–Crippen LogP) is 3.40. The summed E-state index contributed by atoms with van der Waals surface area (Å²) in [5.74, 6) is -0.322. The lowest BCUT2D eigenvalue weighted by molar-refractivity contribution is -0.134. The molecule has 3 heteroatoms. The predicted molar refractivity (Wildman–Crippen MR) is 67.6 cm³/mol. The van der Waals surface area contributed by atoms with Gasteiger partial charge >= 0.3 is 5.97 Å². The summed E-state index contributed by atoms with van der Waals surface area (Å²) in [5, 5.41) is 1.25. The van der Waals surface area contributed by atoms with Crippen molar-refractivity contribution in [3.05, 3.63) is 40.8 Å². The van der Waals surface area contributed by atoms with Crippen LogP contribution in [0.5, 0.6) is 0 Å². The highest BCUT2D eigenvalue weighted by atomic mass is 32.1. The van der Waals surface area contributed by atoms with Crippen molar-refractivity contribution in [2.45, 2.75) is 6.92 Å². The van der Waals surface area contributed by atoms with Gasteiger partial charge in [0, 0.05) is 15.7 Å². The molecule has 82 valence electrons. The van der Waals surface area contributed by atoms with Crippen molar-refractivity contribution in [3.63, 3.8) is 0 Å². The summed E-state index contributed by atoms with van der Waals surface area (Å²) >= 11 is 1.68. The summed E-state index contributed by atoms with van der Waals surface area (Å²) < 4.78 is 5.81. The molecule has 2 rings (SSSR count). The maximum absolute atomic E-state index is 11.0. The largest absolute Gasteiger partial charge is 0.466 e. The van der Waals surface area contributed by atoms with E-state index in [-0.39, 0.29) is 5.97 Å². The van der Waals surface area contributed by atoms with Crippen LogP contribution in [-0.4, -0.2) is 13.1 Å². The fraction of sp³-hybridized carbons (Fsp3) is 0.154. The van der Waals surface area contributed by atoms with Gasteiger partial charge in [0.05, 0.1) is 7.11 Å². The van der Waals surface area contributed by atoms with Gasteiger partial charge in [0.15, 0.2) is 0 Å². The number of benzene rings is 1. The first-order chi connectivity index (χ1) is 7.72. The number of methoxy groups -OCH3 is 1. The van der Waals surface area contributed by atoms with Crippen LogP contribution in [0, 0.1) is 6.92 Å². The third-order valence-electron chi connectivity index (χ3n) is 2.45. The molecule has 0 N–H and O–H groups in total. The Morgan fingerprint density at radius 2 is 2.12 bits per heavy atom. The Morgan fingerprint density at radius 1 is 1.38 bits per heavy atom. The molecule has 0 radical (unpaired) electrons.